The monoisotopic (exact) mass is 573 g/mol. The molecule has 0 bridgehead atoms. The summed E-state index contributed by atoms with van der Waals surface area (Å²) in [6.07, 6.45) is 1.36. The molecular weight excluding hydrogens is 546 g/mol. The molecule has 3 N–H and O–H groups in total. The minimum absolute atomic E-state index is 0.0265. The van der Waals surface area contributed by atoms with Crippen molar-refractivity contribution in [1.29, 1.82) is 0 Å². The van der Waals surface area contributed by atoms with E-state index in [1.54, 1.807) is 36.8 Å². The Morgan fingerprint density at radius 3 is 2.72 bits per heavy atom. The van der Waals surface area contributed by atoms with E-state index in [2.05, 4.69) is 15.5 Å². The second-order valence-electron chi connectivity index (χ2n) is 8.85. The third-order valence-corrected chi connectivity index (χ3v) is 8.46. The number of anilines is 1. The molecule has 2 fully saturated rings. The number of hydrogen-bond donors (Lipinski definition) is 2. The van der Waals surface area contributed by atoms with Crippen molar-refractivity contribution in [2.75, 3.05) is 32.3 Å². The number of oxime groups is 1. The number of methoxy groups -OCH3 is 1. The van der Waals surface area contributed by atoms with Gasteiger partial charge in [-0.1, -0.05) is 17.3 Å². The molecule has 14 heteroatoms. The summed E-state index contributed by atoms with van der Waals surface area (Å²) in [5.74, 6) is -0.531. The molecule has 5 rings (SSSR count). The minimum atomic E-state index is -0.879. The van der Waals surface area contributed by atoms with Gasteiger partial charge in [0.15, 0.2) is 10.8 Å². The molecule has 1 aromatic carbocycles. The van der Waals surface area contributed by atoms with E-state index >= 15 is 0 Å². The third kappa shape index (κ3) is 5.44. The van der Waals surface area contributed by atoms with Crippen molar-refractivity contribution in [2.24, 2.45) is 5.16 Å². The smallest absolute Gasteiger partial charge is 0.355 e. The number of aromatic nitrogens is 1. The molecule has 3 atom stereocenters. The van der Waals surface area contributed by atoms with Crippen molar-refractivity contribution < 1.29 is 33.4 Å². The van der Waals surface area contributed by atoms with Gasteiger partial charge < -0.3 is 30.1 Å². The van der Waals surface area contributed by atoms with Crippen LogP contribution in [0.1, 0.15) is 24.1 Å². The summed E-state index contributed by atoms with van der Waals surface area (Å²) in [5.41, 5.74) is 7.52. The SMILES string of the molecule is CO/N=C(\C(=O)N[C@@H]1C(=O)N2C(C(=O)OCc3ccc(OC)cc3)=C([C@@H]3CCCO3)CS[C@H]12)c1csc(N)n1. The van der Waals surface area contributed by atoms with Crippen molar-refractivity contribution in [3.05, 3.63) is 52.2 Å². The van der Waals surface area contributed by atoms with Crippen LogP contribution in [0.15, 0.2) is 46.1 Å². The molecule has 3 aliphatic heterocycles. The van der Waals surface area contributed by atoms with Crippen molar-refractivity contribution in [3.8, 4) is 5.75 Å². The lowest BCUT2D eigenvalue weighted by atomic mass is 9.99. The lowest BCUT2D eigenvalue weighted by Crippen LogP contribution is -2.71. The number of carbonyl (C=O) groups is 3. The highest BCUT2D eigenvalue weighted by molar-refractivity contribution is 8.00. The number of benzene rings is 1. The topological polar surface area (TPSA) is 155 Å². The molecule has 0 radical (unpaired) electrons. The van der Waals surface area contributed by atoms with Crippen LogP contribution in [0, 0.1) is 0 Å². The molecule has 3 aliphatic rings. The third-order valence-electron chi connectivity index (χ3n) is 6.49. The maximum absolute atomic E-state index is 13.4. The second-order valence-corrected chi connectivity index (χ2v) is 10.8. The fourth-order valence-electron chi connectivity index (χ4n) is 4.57. The number of nitrogens with two attached hydrogens (primary N) is 1. The van der Waals surface area contributed by atoms with Crippen molar-refractivity contribution in [3.63, 3.8) is 0 Å². The fraction of sp³-hybridized carbons (Fsp3) is 0.400. The highest BCUT2D eigenvalue weighted by atomic mass is 32.2. The lowest BCUT2D eigenvalue weighted by molar-refractivity contribution is -0.153. The predicted octanol–water partition coefficient (Wildman–Crippen LogP) is 1.66. The first kappa shape index (κ1) is 27.0. The Morgan fingerprint density at radius 2 is 2.08 bits per heavy atom. The summed E-state index contributed by atoms with van der Waals surface area (Å²) in [4.78, 5) is 50.1. The highest BCUT2D eigenvalue weighted by Gasteiger charge is 2.55. The Bertz CT molecular complexity index is 1320. The highest BCUT2D eigenvalue weighted by Crippen LogP contribution is 2.43. The summed E-state index contributed by atoms with van der Waals surface area (Å²) >= 11 is 2.60. The molecule has 2 saturated heterocycles. The Labute approximate surface area is 232 Å². The van der Waals surface area contributed by atoms with Crippen molar-refractivity contribution in [1.82, 2.24) is 15.2 Å². The van der Waals surface area contributed by atoms with Gasteiger partial charge in [0, 0.05) is 17.7 Å². The molecule has 0 aliphatic carbocycles. The number of thioether (sulfide) groups is 1. The minimum Gasteiger partial charge on any atom is -0.497 e. The van der Waals surface area contributed by atoms with E-state index in [1.807, 2.05) is 0 Å². The number of ether oxygens (including phenoxy) is 3. The molecule has 12 nitrogen and oxygen atoms in total. The first-order valence-corrected chi connectivity index (χ1v) is 14.1. The van der Waals surface area contributed by atoms with Gasteiger partial charge in [0.05, 0.1) is 13.2 Å². The van der Waals surface area contributed by atoms with Crippen LogP contribution in [-0.4, -0.2) is 77.5 Å². The Morgan fingerprint density at radius 1 is 1.28 bits per heavy atom. The van der Waals surface area contributed by atoms with Gasteiger partial charge in [0.2, 0.25) is 0 Å². The molecular formula is C25H27N5O7S2. The van der Waals surface area contributed by atoms with Gasteiger partial charge in [-0.15, -0.1) is 23.1 Å². The van der Waals surface area contributed by atoms with E-state index in [4.69, 9.17) is 24.8 Å². The molecule has 4 heterocycles. The molecule has 0 unspecified atom stereocenters. The van der Waals surface area contributed by atoms with E-state index in [9.17, 15) is 14.4 Å². The quantitative estimate of drug-likeness (QED) is 0.196. The van der Waals surface area contributed by atoms with Gasteiger partial charge in [-0.3, -0.25) is 14.5 Å². The van der Waals surface area contributed by atoms with Crippen LogP contribution < -0.4 is 15.8 Å². The zero-order chi connectivity index (χ0) is 27.5. The number of nitrogens with zero attached hydrogens (tertiary/aromatic N) is 3. The molecule has 0 saturated carbocycles. The molecule has 2 amide bonds. The van der Waals surface area contributed by atoms with E-state index in [0.717, 1.165) is 35.3 Å². The van der Waals surface area contributed by atoms with Gasteiger partial charge >= 0.3 is 5.97 Å². The van der Waals surface area contributed by atoms with Gasteiger partial charge in [0.25, 0.3) is 11.8 Å². The van der Waals surface area contributed by atoms with E-state index in [1.165, 1.54) is 23.8 Å². The number of nitrogen functional groups attached to an aromatic ring is 1. The maximum atomic E-state index is 13.4. The summed E-state index contributed by atoms with van der Waals surface area (Å²) in [7, 11) is 2.88. The van der Waals surface area contributed by atoms with Crippen LogP contribution >= 0.6 is 23.1 Å². The standard InChI is InChI=1S/C25H27N5O7S2/c1-34-14-7-5-13(6-8-14)10-37-24(33)20-15(17-4-3-9-36-17)11-38-23-19(22(32)30(20)23)28-21(31)18(29-35-2)16-12-39-25(26)27-16/h5-8,12,17,19,23H,3-4,9-11H2,1-2H3,(H2,26,27)(H,28,31)/b29-18-/t17-,19+,23+/m0/s1. The molecule has 206 valence electrons. The predicted molar refractivity (Wildman–Crippen MR) is 144 cm³/mol. The number of nitrogens with one attached hydrogen (secondary N) is 1. The van der Waals surface area contributed by atoms with E-state index in [0.29, 0.717) is 18.1 Å². The Hall–Kier alpha value is -3.62. The number of rotatable bonds is 9. The summed E-state index contributed by atoms with van der Waals surface area (Å²) < 4.78 is 16.7. The zero-order valence-electron chi connectivity index (χ0n) is 21.2. The fourth-order valence-corrected chi connectivity index (χ4v) is 6.53. The van der Waals surface area contributed by atoms with Gasteiger partial charge in [-0.25, -0.2) is 9.78 Å². The number of hydrogen-bond acceptors (Lipinski definition) is 12. The number of fused-ring (bicyclic) bond motifs is 1. The summed E-state index contributed by atoms with van der Waals surface area (Å²) in [6.45, 7) is 0.616. The number of amides is 2. The van der Waals surface area contributed by atoms with Crippen LogP contribution in [0.2, 0.25) is 0 Å². The Kier molecular flexibility index (Phi) is 8.04. The average molecular weight is 574 g/mol. The van der Waals surface area contributed by atoms with Gasteiger partial charge in [-0.2, -0.15) is 0 Å². The summed E-state index contributed by atoms with van der Waals surface area (Å²) in [5, 5.41) is 7.83. The average Bonchev–Trinajstić information content (AvgIpc) is 3.64. The zero-order valence-corrected chi connectivity index (χ0v) is 22.9. The second kappa shape index (κ2) is 11.6. The molecule has 39 heavy (non-hydrogen) atoms. The number of esters is 1. The number of β-lactam (4-membered cyclic amide) rings is 1. The molecule has 1 aromatic heterocycles. The van der Waals surface area contributed by atoms with Crippen LogP contribution in [0.5, 0.6) is 5.75 Å². The van der Waals surface area contributed by atoms with Crippen LogP contribution in [0.4, 0.5) is 5.13 Å². The lowest BCUT2D eigenvalue weighted by Gasteiger charge is -2.50. The van der Waals surface area contributed by atoms with E-state index < -0.39 is 29.2 Å². The largest absolute Gasteiger partial charge is 0.497 e. The van der Waals surface area contributed by atoms with Crippen molar-refractivity contribution >= 4 is 51.7 Å². The maximum Gasteiger partial charge on any atom is 0.355 e. The first-order chi connectivity index (χ1) is 18.9. The number of thiazole rings is 1. The summed E-state index contributed by atoms with van der Waals surface area (Å²) in [6, 6.07) is 6.28. The van der Waals surface area contributed by atoms with E-state index in [-0.39, 0.29) is 34.9 Å². The van der Waals surface area contributed by atoms with Gasteiger partial charge in [0.1, 0.15) is 42.3 Å². The Balaban J connectivity index is 1.33. The number of carbonyl (C=O) groups excluding carboxylic acids is 3. The van der Waals surface area contributed by atoms with Crippen LogP contribution in [0.3, 0.4) is 0 Å². The van der Waals surface area contributed by atoms with Gasteiger partial charge in [-0.05, 0) is 36.1 Å². The van der Waals surface area contributed by atoms with Crippen LogP contribution in [0.25, 0.3) is 0 Å². The normalized spacial score (nSPS) is 22.7. The first-order valence-electron chi connectivity index (χ1n) is 12.1. The molecule has 2 aromatic rings. The van der Waals surface area contributed by atoms with Crippen molar-refractivity contribution in [2.45, 2.75) is 37.0 Å². The van der Waals surface area contributed by atoms with Crippen LogP contribution in [-0.2, 0) is 35.3 Å². The molecule has 0 spiro atoms.